The molecular weight excluding hydrogens is 446 g/mol. The van der Waals surface area contributed by atoms with Crippen molar-refractivity contribution in [2.45, 2.75) is 61.0 Å². The topological polar surface area (TPSA) is 12.5 Å². The molecule has 33 heavy (non-hydrogen) atoms. The van der Waals surface area contributed by atoms with E-state index in [1.54, 1.807) is 5.57 Å². The molecule has 10 saturated heterocycles. The van der Waals surface area contributed by atoms with E-state index >= 15 is 0 Å². The first-order valence-corrected chi connectivity index (χ1v) is 19.5. The zero-order valence-electron chi connectivity index (χ0n) is 19.7. The van der Waals surface area contributed by atoms with Crippen LogP contribution in [0.25, 0.3) is 5.57 Å². The Bertz CT molecular complexity index is 1650. The molecule has 172 valence electrons. The van der Waals surface area contributed by atoms with Crippen LogP contribution in [0, 0.1) is 0 Å². The third-order valence-electron chi connectivity index (χ3n) is 18.8. The number of benzene rings is 2. The Morgan fingerprint density at radius 3 is 1.85 bits per heavy atom. The van der Waals surface area contributed by atoms with Crippen molar-refractivity contribution < 1.29 is 11.2 Å². The molecule has 10 aliphatic heterocycles. The molecule has 0 amide bonds. The van der Waals surface area contributed by atoms with E-state index in [1.807, 2.05) is 5.57 Å². The summed E-state index contributed by atoms with van der Waals surface area (Å²) >= 11 is 0. The van der Waals surface area contributed by atoms with Gasteiger partial charge in [0, 0.05) is 0 Å². The van der Waals surface area contributed by atoms with E-state index in [-0.39, 0.29) is 0 Å². The fourth-order valence-electron chi connectivity index (χ4n) is 19.8. The second kappa shape index (κ2) is 2.29. The number of nitrogens with zero attached hydrogens (tertiary/aromatic N) is 1. The van der Waals surface area contributed by atoms with Gasteiger partial charge in [-0.2, -0.15) is 0 Å². The van der Waals surface area contributed by atoms with E-state index in [2.05, 4.69) is 80.5 Å². The Balaban J connectivity index is 1.06. The van der Waals surface area contributed by atoms with Crippen LogP contribution in [0.2, 0.25) is 47.7 Å². The van der Waals surface area contributed by atoms with Crippen LogP contribution in [-0.2, 0) is 6.51 Å². The monoisotopic (exact) mass is 479 g/mol. The molecule has 0 bridgehead atoms. The summed E-state index contributed by atoms with van der Waals surface area (Å²) in [6.45, 7) is 0.977. The molecule has 2 aromatic carbocycles. The van der Waals surface area contributed by atoms with Crippen molar-refractivity contribution in [3.05, 3.63) is 71.3 Å². The second-order valence-electron chi connectivity index (χ2n) is 15.4. The molecule has 2 aromatic rings. The van der Waals surface area contributed by atoms with Crippen LogP contribution in [0.3, 0.4) is 0 Å². The average molecular weight is 479 g/mol. The van der Waals surface area contributed by atoms with Crippen molar-refractivity contribution in [3.63, 3.8) is 0 Å². The normalized spacial score (nSPS) is 67.9. The average Bonchev–Trinajstić information content (AvgIpc) is 3.77. The summed E-state index contributed by atoms with van der Waals surface area (Å²) in [5.74, 6) is 1.00. The van der Waals surface area contributed by atoms with E-state index in [9.17, 15) is 0 Å². The van der Waals surface area contributed by atoms with Gasteiger partial charge in [0.05, 0.1) is 0 Å². The molecule has 2 nitrogen and oxygen atoms in total. The molecule has 0 aromatic heterocycles. The predicted molar refractivity (Wildman–Crippen MR) is 130 cm³/mol. The van der Waals surface area contributed by atoms with Crippen molar-refractivity contribution in [1.29, 1.82) is 0 Å². The van der Waals surface area contributed by atoms with Crippen molar-refractivity contribution in [2.75, 3.05) is 27.2 Å². The van der Waals surface area contributed by atoms with Gasteiger partial charge < -0.3 is 0 Å². The minimum atomic E-state index is -3.22. The molecule has 10 fully saturated rings. The van der Waals surface area contributed by atoms with Gasteiger partial charge in [0.2, 0.25) is 0 Å². The molecule has 0 aliphatic carbocycles. The van der Waals surface area contributed by atoms with Crippen LogP contribution in [0.1, 0.15) is 24.5 Å². The zero-order chi connectivity index (χ0) is 21.7. The Kier molecular flexibility index (Phi) is 1.12. The SMILES string of the molecule is CCC(=C(c1ccccc1)c1ccc(OCCN(C)C)cc1)[C]12[CH]3[CH]4[CH]5[CH]1[Fe]45321678[CH]2[CH]1[CH]6[CH]7[CH]28. The van der Waals surface area contributed by atoms with E-state index in [4.69, 9.17) is 4.74 Å². The Labute approximate surface area is 186 Å². The van der Waals surface area contributed by atoms with Crippen molar-refractivity contribution in [1.82, 2.24) is 4.90 Å². The molecule has 0 saturated carbocycles. The Morgan fingerprint density at radius 1 is 0.818 bits per heavy atom. The van der Waals surface area contributed by atoms with Crippen molar-refractivity contribution in [2.24, 2.45) is 0 Å². The van der Waals surface area contributed by atoms with Crippen LogP contribution in [0.4, 0.5) is 0 Å². The number of rotatable bonds is 8. The molecule has 10 aliphatic rings. The van der Waals surface area contributed by atoms with Gasteiger partial charge in [-0.1, -0.05) is 0 Å². The third-order valence-corrected chi connectivity index (χ3v) is 61.2. The number of ether oxygens (including phenoxy) is 1. The zero-order valence-corrected chi connectivity index (χ0v) is 20.8. The quantitative estimate of drug-likeness (QED) is 0.362. The molecular formula is C30H33FeNO. The summed E-state index contributed by atoms with van der Waals surface area (Å²) in [5, 5.41) is 0. The van der Waals surface area contributed by atoms with Crippen molar-refractivity contribution >= 4 is 5.57 Å². The first kappa shape index (κ1) is 16.2. The van der Waals surface area contributed by atoms with Crippen LogP contribution in [0.5, 0.6) is 5.75 Å². The van der Waals surface area contributed by atoms with Gasteiger partial charge in [0.25, 0.3) is 0 Å². The number of allylic oxidation sites excluding steroid dienone is 1. The molecule has 1 spiro atoms. The second-order valence-corrected chi connectivity index (χ2v) is 39.0. The number of hydrogen-bond acceptors (Lipinski definition) is 2. The van der Waals surface area contributed by atoms with Gasteiger partial charge in [-0.15, -0.1) is 0 Å². The van der Waals surface area contributed by atoms with Gasteiger partial charge in [-0.25, -0.2) is 0 Å². The summed E-state index contributed by atoms with van der Waals surface area (Å²) in [7, 11) is 4.20. The van der Waals surface area contributed by atoms with Crippen LogP contribution in [0.15, 0.2) is 60.2 Å². The summed E-state index contributed by atoms with van der Waals surface area (Å²) in [5.41, 5.74) is 6.49. The van der Waals surface area contributed by atoms with Crippen LogP contribution >= 0.6 is 0 Å². The van der Waals surface area contributed by atoms with Gasteiger partial charge in [-0.3, -0.25) is 0 Å². The van der Waals surface area contributed by atoms with Gasteiger partial charge in [0.15, 0.2) is 0 Å². The fourth-order valence-corrected chi connectivity index (χ4v) is 94.3. The van der Waals surface area contributed by atoms with E-state index in [1.165, 1.54) is 60.9 Å². The number of hydrogen-bond donors (Lipinski definition) is 0. The van der Waals surface area contributed by atoms with Crippen LogP contribution in [-0.4, -0.2) is 32.1 Å². The molecule has 0 radical (unpaired) electrons. The minimum absolute atomic E-state index is 0.744. The summed E-state index contributed by atoms with van der Waals surface area (Å²) < 4.78 is 6.86. The number of likely N-dealkylation sites (N-methyl/N-ethyl adjacent to an activating group) is 1. The summed E-state index contributed by atoms with van der Waals surface area (Å²) in [4.78, 5) is 14.4. The van der Waals surface area contributed by atoms with Gasteiger partial charge >= 0.3 is 187 Å². The molecule has 4 atom stereocenters. The molecule has 4 unspecified atom stereocenters. The standard InChI is InChI=1S/C25H28NO.C5H5.Fe/c1-4-24(20-10-8-9-11-20)25(21-12-6-5-7-13-21)22-14-16-23(17-15-22)27-19-18-26(2)3;1-2-4-5-3-1;/h5-17H,4,18-19H2,1-3H3;1-5H;. The maximum atomic E-state index is 6.04. The molecule has 0 N–H and O–H groups in total. The summed E-state index contributed by atoms with van der Waals surface area (Å²) in [6.07, 6.45) is 1.27. The van der Waals surface area contributed by atoms with Gasteiger partial charge in [0.1, 0.15) is 0 Å². The Hall–Kier alpha value is -1.54. The molecule has 3 heteroatoms. The molecule has 12 rings (SSSR count). The maximum absolute atomic E-state index is 6.04. The first-order valence-electron chi connectivity index (χ1n) is 13.3. The summed E-state index contributed by atoms with van der Waals surface area (Å²) in [6, 6.07) is 20.6. The van der Waals surface area contributed by atoms with Crippen molar-refractivity contribution in [3.8, 4) is 5.75 Å². The van der Waals surface area contributed by atoms with Gasteiger partial charge in [-0.05, 0) is 0 Å². The fraction of sp³-hybridized carbons (Fsp3) is 0.533. The van der Waals surface area contributed by atoms with E-state index in [0.717, 1.165) is 23.2 Å². The molecule has 10 heterocycles. The van der Waals surface area contributed by atoms with E-state index in [0.29, 0.717) is 0 Å². The predicted octanol–water partition coefficient (Wildman–Crippen LogP) is 7.60. The Morgan fingerprint density at radius 2 is 1.39 bits per heavy atom. The number of fused-ring (bicyclic) bond motifs is 10. The van der Waals surface area contributed by atoms with Crippen LogP contribution < -0.4 is 4.74 Å². The van der Waals surface area contributed by atoms with E-state index < -0.39 is 6.51 Å². The first-order chi connectivity index (χ1) is 15.9. The third kappa shape index (κ3) is 0.378.